The minimum atomic E-state index is -0.316. The van der Waals surface area contributed by atoms with Gasteiger partial charge in [-0.2, -0.15) is 0 Å². The van der Waals surface area contributed by atoms with Gasteiger partial charge in [0.1, 0.15) is 0 Å². The number of benzene rings is 1. The van der Waals surface area contributed by atoms with E-state index in [1.165, 1.54) is 0 Å². The Morgan fingerprint density at radius 3 is 2.54 bits per heavy atom. The van der Waals surface area contributed by atoms with Crippen LogP contribution in [0.4, 0.5) is 0 Å². The number of amides is 1. The summed E-state index contributed by atoms with van der Waals surface area (Å²) in [6.45, 7) is 6.38. The molecule has 0 radical (unpaired) electrons. The van der Waals surface area contributed by atoms with Gasteiger partial charge < -0.3 is 15.0 Å². The van der Waals surface area contributed by atoms with E-state index in [-0.39, 0.29) is 11.9 Å². The number of carbonyl (C=O) groups excluding carboxylic acids is 2. The highest BCUT2D eigenvalue weighted by Crippen LogP contribution is 2.20. The second kappa shape index (κ2) is 8.34. The summed E-state index contributed by atoms with van der Waals surface area (Å²) in [5.41, 5.74) is 4.21. The zero-order valence-electron chi connectivity index (χ0n) is 14.4. The minimum Gasteiger partial charge on any atom is -0.462 e. The van der Waals surface area contributed by atoms with Gasteiger partial charge in [-0.05, 0) is 38.3 Å². The summed E-state index contributed by atoms with van der Waals surface area (Å²) < 4.78 is 5.08. The Bertz CT molecular complexity index is 705. The third-order valence-corrected chi connectivity index (χ3v) is 3.96. The van der Waals surface area contributed by atoms with Crippen molar-refractivity contribution in [2.45, 2.75) is 40.2 Å². The quantitative estimate of drug-likeness (QED) is 0.767. The van der Waals surface area contributed by atoms with E-state index >= 15 is 0 Å². The maximum absolute atomic E-state index is 12.0. The highest BCUT2D eigenvalue weighted by Gasteiger charge is 2.19. The van der Waals surface area contributed by atoms with E-state index in [4.69, 9.17) is 4.74 Å². The number of hydrogen-bond acceptors (Lipinski definition) is 3. The van der Waals surface area contributed by atoms with Crippen LogP contribution >= 0.6 is 0 Å². The lowest BCUT2D eigenvalue weighted by Gasteiger charge is -2.06. The third kappa shape index (κ3) is 4.47. The number of hydrogen-bond donors (Lipinski definition) is 2. The molecular weight excluding hydrogens is 304 g/mol. The van der Waals surface area contributed by atoms with Gasteiger partial charge in [-0.3, -0.25) is 4.79 Å². The molecule has 24 heavy (non-hydrogen) atoms. The number of H-pyrrole nitrogens is 1. The van der Waals surface area contributed by atoms with Gasteiger partial charge in [-0.1, -0.05) is 30.3 Å². The first-order valence-electron chi connectivity index (χ1n) is 8.18. The third-order valence-electron chi connectivity index (χ3n) is 3.96. The second-order valence-electron chi connectivity index (χ2n) is 5.71. The zero-order chi connectivity index (χ0) is 17.5. The first-order valence-corrected chi connectivity index (χ1v) is 8.18. The van der Waals surface area contributed by atoms with Crippen molar-refractivity contribution in [1.29, 1.82) is 0 Å². The molecule has 0 spiro atoms. The molecule has 1 aromatic carbocycles. The van der Waals surface area contributed by atoms with Crippen molar-refractivity contribution in [2.75, 3.05) is 6.61 Å². The molecule has 1 aromatic heterocycles. The SMILES string of the molecule is CCOC(=O)c1c(C)[nH]c(CCC(=O)NCc2ccccc2)c1C. The fourth-order valence-corrected chi connectivity index (χ4v) is 2.70. The maximum atomic E-state index is 12.0. The monoisotopic (exact) mass is 328 g/mol. The van der Waals surface area contributed by atoms with Gasteiger partial charge >= 0.3 is 5.97 Å². The van der Waals surface area contributed by atoms with Crippen molar-refractivity contribution in [3.05, 3.63) is 58.4 Å². The van der Waals surface area contributed by atoms with Crippen LogP contribution in [0, 0.1) is 13.8 Å². The Balaban J connectivity index is 1.91. The first kappa shape index (κ1) is 17.8. The Morgan fingerprint density at radius 2 is 1.88 bits per heavy atom. The molecule has 0 bridgehead atoms. The van der Waals surface area contributed by atoms with Crippen molar-refractivity contribution >= 4 is 11.9 Å². The van der Waals surface area contributed by atoms with Crippen molar-refractivity contribution in [3.8, 4) is 0 Å². The van der Waals surface area contributed by atoms with E-state index in [0.29, 0.717) is 31.6 Å². The van der Waals surface area contributed by atoms with Crippen LogP contribution < -0.4 is 5.32 Å². The van der Waals surface area contributed by atoms with Crippen LogP contribution in [0.5, 0.6) is 0 Å². The number of aromatic amines is 1. The topological polar surface area (TPSA) is 71.2 Å². The van der Waals surface area contributed by atoms with Gasteiger partial charge in [0.2, 0.25) is 5.91 Å². The summed E-state index contributed by atoms with van der Waals surface area (Å²) >= 11 is 0. The van der Waals surface area contributed by atoms with E-state index in [1.54, 1.807) is 6.92 Å². The Morgan fingerprint density at radius 1 is 1.17 bits per heavy atom. The molecule has 128 valence electrons. The average Bonchev–Trinajstić information content (AvgIpc) is 2.86. The van der Waals surface area contributed by atoms with Gasteiger partial charge in [-0.25, -0.2) is 4.79 Å². The Labute approximate surface area is 142 Å². The van der Waals surface area contributed by atoms with Crippen LogP contribution in [0.25, 0.3) is 0 Å². The van der Waals surface area contributed by atoms with Gasteiger partial charge in [0, 0.05) is 24.4 Å². The van der Waals surface area contributed by atoms with Crippen molar-refractivity contribution in [1.82, 2.24) is 10.3 Å². The number of carbonyl (C=O) groups is 2. The summed E-state index contributed by atoms with van der Waals surface area (Å²) in [6.07, 6.45) is 0.933. The predicted molar refractivity (Wildman–Crippen MR) is 92.8 cm³/mol. The number of esters is 1. The lowest BCUT2D eigenvalue weighted by atomic mass is 10.1. The molecule has 0 fully saturated rings. The van der Waals surface area contributed by atoms with E-state index < -0.39 is 0 Å². The normalized spacial score (nSPS) is 10.5. The maximum Gasteiger partial charge on any atom is 0.340 e. The van der Waals surface area contributed by atoms with Crippen LogP contribution in [0.2, 0.25) is 0 Å². The predicted octanol–water partition coefficient (Wildman–Crippen LogP) is 3.06. The van der Waals surface area contributed by atoms with Crippen LogP contribution in [0.1, 0.15) is 46.2 Å². The molecule has 1 heterocycles. The number of aryl methyl sites for hydroxylation is 2. The molecule has 2 N–H and O–H groups in total. The molecule has 5 heteroatoms. The number of ether oxygens (including phenoxy) is 1. The molecule has 0 saturated carbocycles. The molecular formula is C19H24N2O3. The fraction of sp³-hybridized carbons (Fsp3) is 0.368. The second-order valence-corrected chi connectivity index (χ2v) is 5.71. The smallest absolute Gasteiger partial charge is 0.340 e. The highest BCUT2D eigenvalue weighted by molar-refractivity contribution is 5.92. The molecule has 0 aliphatic heterocycles. The molecule has 0 aliphatic rings. The van der Waals surface area contributed by atoms with Crippen LogP contribution in [0.3, 0.4) is 0 Å². The molecule has 0 aliphatic carbocycles. The summed E-state index contributed by atoms with van der Waals surface area (Å²) in [4.78, 5) is 27.2. The summed E-state index contributed by atoms with van der Waals surface area (Å²) in [7, 11) is 0. The number of aromatic nitrogens is 1. The lowest BCUT2D eigenvalue weighted by molar-refractivity contribution is -0.121. The molecule has 0 unspecified atom stereocenters. The molecule has 0 saturated heterocycles. The molecule has 1 amide bonds. The van der Waals surface area contributed by atoms with Crippen molar-refractivity contribution in [2.24, 2.45) is 0 Å². The fourth-order valence-electron chi connectivity index (χ4n) is 2.70. The summed E-state index contributed by atoms with van der Waals surface area (Å²) in [6, 6.07) is 9.80. The first-order chi connectivity index (χ1) is 11.5. The van der Waals surface area contributed by atoms with Gasteiger partial charge in [0.05, 0.1) is 12.2 Å². The summed E-state index contributed by atoms with van der Waals surface area (Å²) in [5.74, 6) is -0.327. The van der Waals surface area contributed by atoms with E-state index in [1.807, 2.05) is 44.2 Å². The molecule has 2 aromatic rings. The standard InChI is InChI=1S/C19H24N2O3/c1-4-24-19(23)18-13(2)16(21-14(18)3)10-11-17(22)20-12-15-8-6-5-7-9-15/h5-9,21H,4,10-12H2,1-3H3,(H,20,22). The highest BCUT2D eigenvalue weighted by atomic mass is 16.5. The van der Waals surface area contributed by atoms with Gasteiger partial charge in [-0.15, -0.1) is 0 Å². The van der Waals surface area contributed by atoms with Crippen LogP contribution in [0.15, 0.2) is 30.3 Å². The molecule has 2 rings (SSSR count). The lowest BCUT2D eigenvalue weighted by Crippen LogP contribution is -2.23. The van der Waals surface area contributed by atoms with E-state index in [2.05, 4.69) is 10.3 Å². The number of nitrogens with one attached hydrogen (secondary N) is 2. The molecule has 5 nitrogen and oxygen atoms in total. The largest absolute Gasteiger partial charge is 0.462 e. The zero-order valence-corrected chi connectivity index (χ0v) is 14.4. The average molecular weight is 328 g/mol. The minimum absolute atomic E-state index is 0.0109. The van der Waals surface area contributed by atoms with Crippen LogP contribution in [-0.2, 0) is 22.5 Å². The summed E-state index contributed by atoms with van der Waals surface area (Å²) in [5, 5.41) is 2.91. The molecule has 0 atom stereocenters. The van der Waals surface area contributed by atoms with Gasteiger partial charge in [0.15, 0.2) is 0 Å². The van der Waals surface area contributed by atoms with E-state index in [9.17, 15) is 9.59 Å². The number of rotatable bonds is 7. The van der Waals surface area contributed by atoms with E-state index in [0.717, 1.165) is 22.5 Å². The van der Waals surface area contributed by atoms with Crippen LogP contribution in [-0.4, -0.2) is 23.5 Å². The van der Waals surface area contributed by atoms with Crippen molar-refractivity contribution < 1.29 is 14.3 Å². The Kier molecular flexibility index (Phi) is 6.18. The van der Waals surface area contributed by atoms with Gasteiger partial charge in [0.25, 0.3) is 0 Å². The van der Waals surface area contributed by atoms with Crippen molar-refractivity contribution in [3.63, 3.8) is 0 Å². The Hall–Kier alpha value is -2.56.